The molecule has 0 atom stereocenters. The van der Waals surface area contributed by atoms with Gasteiger partial charge in [-0.1, -0.05) is 84.5 Å². The third kappa shape index (κ3) is 4.43. The van der Waals surface area contributed by atoms with E-state index < -0.39 is 0 Å². The molecule has 0 amide bonds. The van der Waals surface area contributed by atoms with Crippen LogP contribution in [-0.4, -0.2) is 4.98 Å². The van der Waals surface area contributed by atoms with Crippen molar-refractivity contribution < 1.29 is 0 Å². The van der Waals surface area contributed by atoms with Crippen molar-refractivity contribution in [1.82, 2.24) is 4.98 Å². The van der Waals surface area contributed by atoms with Gasteiger partial charge in [0.15, 0.2) is 0 Å². The van der Waals surface area contributed by atoms with Crippen molar-refractivity contribution >= 4 is 11.6 Å². The van der Waals surface area contributed by atoms with Crippen molar-refractivity contribution in [3.05, 3.63) is 137 Å². The Bertz CT molecular complexity index is 1450. The van der Waals surface area contributed by atoms with E-state index in [2.05, 4.69) is 123 Å². The molecule has 3 aromatic carbocycles. The fourth-order valence-corrected chi connectivity index (χ4v) is 4.69. The molecule has 5 rings (SSSR count). The predicted octanol–water partition coefficient (Wildman–Crippen LogP) is 8.69. The first-order valence-corrected chi connectivity index (χ1v) is 11.9. The van der Waals surface area contributed by atoms with E-state index in [1.807, 2.05) is 12.4 Å². The molecular weight excluding hydrogens is 410 g/mol. The molecule has 0 saturated carbocycles. The SMILES string of the molecule is C\C=C(/C=C\C(C)=C\c1ccccc1C)c1cccc(-c2ccc3c(c2)-c2cnccc2C3)c1. The Morgan fingerprint density at radius 3 is 2.50 bits per heavy atom. The highest BCUT2D eigenvalue weighted by Gasteiger charge is 2.18. The Kier molecular flexibility index (Phi) is 6.10. The molecule has 1 aliphatic rings. The molecule has 0 aliphatic heterocycles. The van der Waals surface area contributed by atoms with Gasteiger partial charge in [-0.05, 0) is 95.5 Å². The Morgan fingerprint density at radius 1 is 0.824 bits per heavy atom. The summed E-state index contributed by atoms with van der Waals surface area (Å²) in [5, 5.41) is 0. The van der Waals surface area contributed by atoms with Crippen molar-refractivity contribution in [2.24, 2.45) is 0 Å². The van der Waals surface area contributed by atoms with E-state index >= 15 is 0 Å². The molecule has 0 saturated heterocycles. The van der Waals surface area contributed by atoms with Crippen LogP contribution in [-0.2, 0) is 6.42 Å². The highest BCUT2D eigenvalue weighted by Crippen LogP contribution is 2.38. The first kappa shape index (κ1) is 21.9. The van der Waals surface area contributed by atoms with Gasteiger partial charge in [-0.25, -0.2) is 0 Å². The molecule has 0 N–H and O–H groups in total. The van der Waals surface area contributed by atoms with Gasteiger partial charge in [-0.3, -0.25) is 4.98 Å². The lowest BCUT2D eigenvalue weighted by Crippen LogP contribution is -1.86. The maximum Gasteiger partial charge on any atom is 0.0349 e. The zero-order valence-corrected chi connectivity index (χ0v) is 20.0. The Balaban J connectivity index is 1.42. The summed E-state index contributed by atoms with van der Waals surface area (Å²) in [5.41, 5.74) is 14.0. The third-order valence-corrected chi connectivity index (χ3v) is 6.63. The van der Waals surface area contributed by atoms with Crippen LogP contribution in [0.4, 0.5) is 0 Å². The van der Waals surface area contributed by atoms with E-state index in [-0.39, 0.29) is 0 Å². The molecule has 4 aromatic rings. The minimum Gasteiger partial charge on any atom is -0.264 e. The van der Waals surface area contributed by atoms with Crippen LogP contribution in [0.25, 0.3) is 33.9 Å². The van der Waals surface area contributed by atoms with E-state index in [0.717, 1.165) is 6.42 Å². The number of hydrogen-bond donors (Lipinski definition) is 0. The van der Waals surface area contributed by atoms with E-state index in [9.17, 15) is 0 Å². The van der Waals surface area contributed by atoms with E-state index in [0.29, 0.717) is 0 Å². The molecule has 1 aliphatic carbocycles. The Hall–Kier alpha value is -3.97. The van der Waals surface area contributed by atoms with E-state index in [1.165, 1.54) is 61.2 Å². The predicted molar refractivity (Wildman–Crippen MR) is 146 cm³/mol. The summed E-state index contributed by atoms with van der Waals surface area (Å²) in [6.45, 7) is 6.41. The molecule has 34 heavy (non-hydrogen) atoms. The second-order valence-electron chi connectivity index (χ2n) is 8.98. The summed E-state index contributed by atoms with van der Waals surface area (Å²) in [5.74, 6) is 0. The van der Waals surface area contributed by atoms with Crippen LogP contribution in [0, 0.1) is 6.92 Å². The number of hydrogen-bond acceptors (Lipinski definition) is 1. The normalized spacial score (nSPS) is 13.3. The van der Waals surface area contributed by atoms with Crippen molar-refractivity contribution in [2.75, 3.05) is 0 Å². The van der Waals surface area contributed by atoms with Gasteiger partial charge in [-0.2, -0.15) is 0 Å². The molecule has 0 radical (unpaired) electrons. The average molecular weight is 440 g/mol. The van der Waals surface area contributed by atoms with Gasteiger partial charge in [0.05, 0.1) is 0 Å². The van der Waals surface area contributed by atoms with Crippen molar-refractivity contribution in [3.63, 3.8) is 0 Å². The summed E-state index contributed by atoms with van der Waals surface area (Å²) in [7, 11) is 0. The molecule has 1 heterocycles. The lowest BCUT2D eigenvalue weighted by Gasteiger charge is -2.09. The number of fused-ring (bicyclic) bond motifs is 3. The molecule has 0 spiro atoms. The monoisotopic (exact) mass is 439 g/mol. The first-order valence-electron chi connectivity index (χ1n) is 11.9. The Morgan fingerprint density at radius 2 is 1.65 bits per heavy atom. The van der Waals surface area contributed by atoms with Crippen LogP contribution in [0.5, 0.6) is 0 Å². The lowest BCUT2D eigenvalue weighted by atomic mass is 9.95. The van der Waals surface area contributed by atoms with Crippen LogP contribution in [0.15, 0.2) is 109 Å². The topological polar surface area (TPSA) is 12.9 Å². The lowest BCUT2D eigenvalue weighted by molar-refractivity contribution is 1.23. The average Bonchev–Trinajstić information content (AvgIpc) is 3.24. The molecule has 0 bridgehead atoms. The van der Waals surface area contributed by atoms with Crippen LogP contribution in [0.1, 0.15) is 41.7 Å². The number of aryl methyl sites for hydroxylation is 1. The largest absolute Gasteiger partial charge is 0.264 e. The van der Waals surface area contributed by atoms with E-state index in [1.54, 1.807) is 0 Å². The highest BCUT2D eigenvalue weighted by atomic mass is 14.6. The van der Waals surface area contributed by atoms with Crippen LogP contribution < -0.4 is 0 Å². The molecule has 0 unspecified atom stereocenters. The highest BCUT2D eigenvalue weighted by molar-refractivity contribution is 5.83. The van der Waals surface area contributed by atoms with Gasteiger partial charge in [0, 0.05) is 18.0 Å². The van der Waals surface area contributed by atoms with Crippen molar-refractivity contribution in [1.29, 1.82) is 0 Å². The van der Waals surface area contributed by atoms with Gasteiger partial charge >= 0.3 is 0 Å². The van der Waals surface area contributed by atoms with Crippen LogP contribution in [0.2, 0.25) is 0 Å². The zero-order valence-electron chi connectivity index (χ0n) is 20.0. The maximum atomic E-state index is 4.35. The maximum absolute atomic E-state index is 4.35. The van der Waals surface area contributed by atoms with Gasteiger partial charge in [0.1, 0.15) is 0 Å². The van der Waals surface area contributed by atoms with Gasteiger partial charge in [0.2, 0.25) is 0 Å². The molecular formula is C33H29N. The number of benzene rings is 3. The summed E-state index contributed by atoms with van der Waals surface area (Å²) >= 11 is 0. The number of pyridine rings is 1. The zero-order chi connectivity index (χ0) is 23.5. The molecule has 1 aromatic heterocycles. The molecule has 166 valence electrons. The van der Waals surface area contributed by atoms with Gasteiger partial charge in [0.25, 0.3) is 0 Å². The fraction of sp³-hybridized carbons (Fsp3) is 0.121. The molecule has 1 heteroatoms. The molecule has 1 nitrogen and oxygen atoms in total. The second-order valence-corrected chi connectivity index (χ2v) is 8.98. The smallest absolute Gasteiger partial charge is 0.0349 e. The van der Waals surface area contributed by atoms with Gasteiger partial charge < -0.3 is 0 Å². The Labute approximate surface area is 202 Å². The summed E-state index contributed by atoms with van der Waals surface area (Å²) in [6.07, 6.45) is 13.7. The van der Waals surface area contributed by atoms with Crippen LogP contribution >= 0.6 is 0 Å². The summed E-state index contributed by atoms with van der Waals surface area (Å²) < 4.78 is 0. The number of allylic oxidation sites excluding steroid dienone is 5. The number of rotatable bonds is 5. The second kappa shape index (κ2) is 9.49. The first-order chi connectivity index (χ1) is 16.6. The quantitative estimate of drug-likeness (QED) is 0.250. The fourth-order valence-electron chi connectivity index (χ4n) is 4.69. The number of aromatic nitrogens is 1. The van der Waals surface area contributed by atoms with Gasteiger partial charge in [-0.15, -0.1) is 0 Å². The summed E-state index contributed by atoms with van der Waals surface area (Å²) in [6, 6.07) is 26.3. The standard InChI is InChI=1S/C33H29N/c1-4-25(13-12-23(2)18-26-9-6-5-8-24(26)3)27-10-7-11-28(19-27)29-14-15-30-20-31-16-17-34-22-33(31)32(30)21-29/h4-19,21-22H,20H2,1-3H3/b13-12-,23-18+,25-4+. The number of nitrogens with zero attached hydrogens (tertiary/aromatic N) is 1. The third-order valence-electron chi connectivity index (χ3n) is 6.63. The van der Waals surface area contributed by atoms with Crippen LogP contribution in [0.3, 0.4) is 0 Å². The minimum atomic E-state index is 0.996. The van der Waals surface area contributed by atoms with Crippen molar-refractivity contribution in [2.45, 2.75) is 27.2 Å². The van der Waals surface area contributed by atoms with Crippen molar-refractivity contribution in [3.8, 4) is 22.3 Å². The minimum absolute atomic E-state index is 0.996. The molecule has 0 fully saturated rings. The summed E-state index contributed by atoms with van der Waals surface area (Å²) in [4.78, 5) is 4.35. The van der Waals surface area contributed by atoms with E-state index in [4.69, 9.17) is 0 Å².